The van der Waals surface area contributed by atoms with Crippen molar-refractivity contribution in [2.75, 3.05) is 0 Å². The average Bonchev–Trinajstić information content (AvgIpc) is 2.94. The van der Waals surface area contributed by atoms with Gasteiger partial charge in [0.15, 0.2) is 5.76 Å². The Labute approximate surface area is 126 Å². The first-order valence-electron chi connectivity index (χ1n) is 6.49. The molecule has 2 aromatic rings. The van der Waals surface area contributed by atoms with E-state index in [0.717, 1.165) is 0 Å². The Morgan fingerprint density at radius 3 is 2.64 bits per heavy atom. The summed E-state index contributed by atoms with van der Waals surface area (Å²) in [5.41, 5.74) is 0. The first kappa shape index (κ1) is 15.6. The van der Waals surface area contributed by atoms with Gasteiger partial charge in [-0.2, -0.15) is 0 Å². The fraction of sp³-hybridized carbons (Fsp3) is 0.188. The van der Waals surface area contributed by atoms with Crippen LogP contribution in [0, 0.1) is 17.7 Å². The molecule has 1 amide bonds. The Hall–Kier alpha value is -2.78. The van der Waals surface area contributed by atoms with Crippen LogP contribution >= 0.6 is 0 Å². The smallest absolute Gasteiger partial charge is 0.291 e. The van der Waals surface area contributed by atoms with Crippen molar-refractivity contribution in [3.8, 4) is 23.5 Å². The van der Waals surface area contributed by atoms with Gasteiger partial charge in [0.2, 0.25) is 5.91 Å². The van der Waals surface area contributed by atoms with E-state index in [-0.39, 0.29) is 11.8 Å². The lowest BCUT2D eigenvalue weighted by Gasteiger charge is -2.15. The molecule has 0 bridgehead atoms. The molecule has 1 heterocycles. The van der Waals surface area contributed by atoms with Gasteiger partial charge in [0.05, 0.1) is 0 Å². The van der Waals surface area contributed by atoms with Crippen LogP contribution in [0.15, 0.2) is 40.8 Å². The van der Waals surface area contributed by atoms with E-state index in [9.17, 15) is 14.4 Å². The van der Waals surface area contributed by atoms with Gasteiger partial charge in [0, 0.05) is 13.0 Å². The van der Waals surface area contributed by atoms with Crippen molar-refractivity contribution < 1.29 is 23.5 Å². The largest absolute Gasteiger partial charge is 0.426 e. The summed E-state index contributed by atoms with van der Waals surface area (Å²) in [7, 11) is 0. The number of furan rings is 1. The van der Waals surface area contributed by atoms with E-state index in [1.54, 1.807) is 19.1 Å². The molecule has 0 saturated heterocycles. The van der Waals surface area contributed by atoms with E-state index < -0.39 is 11.9 Å². The van der Waals surface area contributed by atoms with Crippen molar-refractivity contribution in [3.05, 3.63) is 48.0 Å². The number of halogens is 1. The minimum absolute atomic E-state index is 0.205. The third-order valence-corrected chi connectivity index (χ3v) is 2.71. The Balaban J connectivity index is 2.03. The van der Waals surface area contributed by atoms with Crippen LogP contribution < -0.4 is 4.74 Å². The van der Waals surface area contributed by atoms with Crippen LogP contribution in [0.25, 0.3) is 0 Å². The van der Waals surface area contributed by atoms with Crippen molar-refractivity contribution >= 4 is 5.91 Å². The molecule has 0 aliphatic carbocycles. The monoisotopic (exact) mass is 303 g/mol. The molecule has 0 spiro atoms. The molecule has 1 atom stereocenters. The van der Waals surface area contributed by atoms with E-state index in [2.05, 4.69) is 11.8 Å². The Morgan fingerprint density at radius 1 is 1.32 bits per heavy atom. The minimum Gasteiger partial charge on any atom is -0.426 e. The second-order valence-corrected chi connectivity index (χ2v) is 4.48. The lowest BCUT2D eigenvalue weighted by molar-refractivity contribution is -0.166. The van der Waals surface area contributed by atoms with Gasteiger partial charge in [-0.1, -0.05) is 5.92 Å². The predicted octanol–water partition coefficient (Wildman–Crippen LogP) is 3.19. The summed E-state index contributed by atoms with van der Waals surface area (Å²) >= 11 is 0. The zero-order chi connectivity index (χ0) is 16.1. The molecule has 1 aromatic heterocycles. The van der Waals surface area contributed by atoms with E-state index in [1.165, 1.54) is 31.2 Å². The molecule has 114 valence electrons. The quantitative estimate of drug-likeness (QED) is 0.537. The van der Waals surface area contributed by atoms with Gasteiger partial charge in [-0.05, 0) is 43.2 Å². The summed E-state index contributed by atoms with van der Waals surface area (Å²) in [6.07, 6.45) is 0. The van der Waals surface area contributed by atoms with E-state index >= 15 is 0 Å². The number of benzene rings is 1. The number of hydrogen-bond donors (Lipinski definition) is 1. The molecular weight excluding hydrogens is 289 g/mol. The lowest BCUT2D eigenvalue weighted by atomic mass is 10.3. The first-order valence-corrected chi connectivity index (χ1v) is 6.49. The number of hydrogen-bond acceptors (Lipinski definition) is 4. The Bertz CT molecular complexity index is 712. The van der Waals surface area contributed by atoms with E-state index in [1.807, 2.05) is 0 Å². The van der Waals surface area contributed by atoms with Gasteiger partial charge in [0.25, 0.3) is 5.95 Å². The molecule has 0 aliphatic heterocycles. The molecule has 0 saturated carbocycles. The third kappa shape index (κ3) is 4.11. The maximum Gasteiger partial charge on any atom is 0.291 e. The maximum absolute atomic E-state index is 12.8. The van der Waals surface area contributed by atoms with Gasteiger partial charge in [-0.25, -0.2) is 9.45 Å². The number of ether oxygens (including phenoxy) is 1. The molecule has 6 heteroatoms. The molecule has 5 nitrogen and oxygen atoms in total. The van der Waals surface area contributed by atoms with Crippen molar-refractivity contribution in [1.82, 2.24) is 5.06 Å². The van der Waals surface area contributed by atoms with Crippen LogP contribution in [-0.2, 0) is 4.79 Å². The predicted molar refractivity (Wildman–Crippen MR) is 75.8 cm³/mol. The number of amides is 1. The maximum atomic E-state index is 12.8. The normalized spacial score (nSPS) is 11.3. The number of hydroxylamine groups is 2. The van der Waals surface area contributed by atoms with E-state index in [4.69, 9.17) is 9.15 Å². The minimum atomic E-state index is -0.663. The summed E-state index contributed by atoms with van der Waals surface area (Å²) in [5, 5.41) is 9.92. The fourth-order valence-electron chi connectivity index (χ4n) is 1.57. The summed E-state index contributed by atoms with van der Waals surface area (Å²) in [5.74, 6) is 5.46. The Kier molecular flexibility index (Phi) is 4.81. The summed E-state index contributed by atoms with van der Waals surface area (Å²) in [4.78, 5) is 11.0. The first-order chi connectivity index (χ1) is 10.5. The van der Waals surface area contributed by atoms with Gasteiger partial charge in [-0.3, -0.25) is 10.0 Å². The van der Waals surface area contributed by atoms with Crippen molar-refractivity contribution in [2.45, 2.75) is 19.9 Å². The highest BCUT2D eigenvalue weighted by atomic mass is 19.1. The number of carbonyl (C=O) groups excluding carboxylic acids is 1. The number of rotatable bonds is 3. The molecule has 0 unspecified atom stereocenters. The highest BCUT2D eigenvalue weighted by Crippen LogP contribution is 2.23. The van der Waals surface area contributed by atoms with Gasteiger partial charge >= 0.3 is 0 Å². The zero-order valence-corrected chi connectivity index (χ0v) is 12.0. The van der Waals surface area contributed by atoms with Crippen molar-refractivity contribution in [2.24, 2.45) is 0 Å². The summed E-state index contributed by atoms with van der Waals surface area (Å²) in [6.45, 7) is 2.81. The van der Waals surface area contributed by atoms with Gasteiger partial charge in [0.1, 0.15) is 17.6 Å². The second kappa shape index (κ2) is 6.78. The topological polar surface area (TPSA) is 62.9 Å². The molecule has 0 aliphatic rings. The van der Waals surface area contributed by atoms with Crippen LogP contribution in [0.5, 0.6) is 11.7 Å². The standard InChI is InChI=1S/C16H14FNO4/c1-11(18(20)12(2)19)3-6-14-9-10-16(21-14)22-15-7-4-13(17)5-8-15/h4-5,7-11,20H,1-2H3/t11-/m1/s1. The van der Waals surface area contributed by atoms with Crippen molar-refractivity contribution in [1.29, 1.82) is 0 Å². The molecule has 2 rings (SSSR count). The van der Waals surface area contributed by atoms with Gasteiger partial charge < -0.3 is 9.15 Å². The number of nitrogens with zero attached hydrogens (tertiary/aromatic N) is 1. The lowest BCUT2D eigenvalue weighted by Crippen LogP contribution is -2.32. The van der Waals surface area contributed by atoms with Crippen LogP contribution in [0.4, 0.5) is 4.39 Å². The van der Waals surface area contributed by atoms with Crippen LogP contribution in [0.3, 0.4) is 0 Å². The molecule has 1 N–H and O–H groups in total. The van der Waals surface area contributed by atoms with Crippen LogP contribution in [0.1, 0.15) is 19.6 Å². The molecule has 22 heavy (non-hydrogen) atoms. The highest BCUT2D eigenvalue weighted by molar-refractivity contribution is 5.72. The average molecular weight is 303 g/mol. The molecular formula is C16H14FNO4. The third-order valence-electron chi connectivity index (χ3n) is 2.71. The summed E-state index contributed by atoms with van der Waals surface area (Å²) in [6, 6.07) is 8.00. The van der Waals surface area contributed by atoms with Gasteiger partial charge in [-0.15, -0.1) is 0 Å². The molecule has 0 radical (unpaired) electrons. The second-order valence-electron chi connectivity index (χ2n) is 4.48. The molecule has 0 fully saturated rings. The van der Waals surface area contributed by atoms with E-state index in [0.29, 0.717) is 16.6 Å². The zero-order valence-electron chi connectivity index (χ0n) is 12.0. The van der Waals surface area contributed by atoms with Crippen molar-refractivity contribution in [3.63, 3.8) is 0 Å². The Morgan fingerprint density at radius 2 is 2.00 bits per heavy atom. The number of carbonyl (C=O) groups is 1. The molecule has 1 aromatic carbocycles. The SMILES string of the molecule is CC(=O)N(O)[C@H](C)C#Cc1ccc(Oc2ccc(F)cc2)o1. The highest BCUT2D eigenvalue weighted by Gasteiger charge is 2.11. The fourth-order valence-corrected chi connectivity index (χ4v) is 1.57. The van der Waals surface area contributed by atoms with Crippen LogP contribution in [-0.4, -0.2) is 22.2 Å². The van der Waals surface area contributed by atoms with Crippen LogP contribution in [0.2, 0.25) is 0 Å². The summed E-state index contributed by atoms with van der Waals surface area (Å²) < 4.78 is 23.5.